The topological polar surface area (TPSA) is 30.7 Å². The number of hydrogen-bond donors (Lipinski definition) is 0. The summed E-state index contributed by atoms with van der Waals surface area (Å²) in [6.07, 6.45) is 2.76. The van der Waals surface area contributed by atoms with Gasteiger partial charge in [-0.15, -0.1) is 10.2 Å². The molecule has 2 rings (SSSR count). The lowest BCUT2D eigenvalue weighted by Gasteiger charge is -2.14. The molecule has 0 spiro atoms. The normalized spacial score (nSPS) is 12.6. The molecule has 3 nitrogen and oxygen atoms in total. The molecule has 0 aliphatic heterocycles. The van der Waals surface area contributed by atoms with E-state index in [1.54, 1.807) is 18.1 Å². The number of aromatic nitrogens is 3. The van der Waals surface area contributed by atoms with Crippen LogP contribution in [0.1, 0.15) is 24.2 Å². The molecule has 0 fully saturated rings. The maximum absolute atomic E-state index is 5.89. The predicted molar refractivity (Wildman–Crippen MR) is 71.3 cm³/mol. The maximum atomic E-state index is 5.89. The molecule has 90 valence electrons. The highest BCUT2D eigenvalue weighted by atomic mass is 35.5. The number of aryl methyl sites for hydroxylation is 1. The Bertz CT molecular complexity index is 481. The number of rotatable bonds is 4. The van der Waals surface area contributed by atoms with Crippen LogP contribution >= 0.6 is 23.4 Å². The van der Waals surface area contributed by atoms with Crippen molar-refractivity contribution >= 4 is 23.4 Å². The molecule has 2 aromatic rings. The lowest BCUT2D eigenvalue weighted by atomic mass is 10.1. The van der Waals surface area contributed by atoms with Crippen LogP contribution in [0.4, 0.5) is 0 Å². The number of halogens is 1. The Morgan fingerprint density at radius 2 is 2.06 bits per heavy atom. The molecule has 17 heavy (non-hydrogen) atoms. The monoisotopic (exact) mass is 267 g/mol. The van der Waals surface area contributed by atoms with Crippen LogP contribution in [0.5, 0.6) is 0 Å². The van der Waals surface area contributed by atoms with Crippen molar-refractivity contribution < 1.29 is 0 Å². The molecule has 0 saturated carbocycles. The largest absolute Gasteiger partial charge is 0.312 e. The van der Waals surface area contributed by atoms with E-state index in [0.29, 0.717) is 5.25 Å². The van der Waals surface area contributed by atoms with Crippen LogP contribution in [0, 0.1) is 0 Å². The van der Waals surface area contributed by atoms with Crippen LogP contribution in [-0.4, -0.2) is 14.8 Å². The van der Waals surface area contributed by atoms with Gasteiger partial charge in [-0.2, -0.15) is 0 Å². The first kappa shape index (κ1) is 12.5. The van der Waals surface area contributed by atoms with Crippen LogP contribution in [0.3, 0.4) is 0 Å². The highest BCUT2D eigenvalue weighted by molar-refractivity contribution is 7.99. The van der Waals surface area contributed by atoms with Crippen molar-refractivity contribution in [2.75, 3.05) is 0 Å². The van der Waals surface area contributed by atoms with Gasteiger partial charge in [-0.25, -0.2) is 0 Å². The van der Waals surface area contributed by atoms with E-state index in [4.69, 9.17) is 11.6 Å². The Morgan fingerprint density at radius 1 is 1.35 bits per heavy atom. The van der Waals surface area contributed by atoms with Gasteiger partial charge in [0.05, 0.1) is 0 Å². The summed E-state index contributed by atoms with van der Waals surface area (Å²) in [5, 5.41) is 10.1. The molecule has 5 heteroatoms. The average Bonchev–Trinajstić information content (AvgIpc) is 2.73. The van der Waals surface area contributed by atoms with Crippen molar-refractivity contribution in [3.05, 3.63) is 41.2 Å². The van der Waals surface area contributed by atoms with Gasteiger partial charge < -0.3 is 4.57 Å². The summed E-state index contributed by atoms with van der Waals surface area (Å²) in [7, 11) is 1.96. The Balaban J connectivity index is 2.17. The predicted octanol–water partition coefficient (Wildman–Crippen LogP) is 3.71. The summed E-state index contributed by atoms with van der Waals surface area (Å²) >= 11 is 7.62. The Hall–Kier alpha value is -1.00. The minimum Gasteiger partial charge on any atom is -0.312 e. The summed E-state index contributed by atoms with van der Waals surface area (Å²) < 4.78 is 1.93. The molecule has 1 heterocycles. The van der Waals surface area contributed by atoms with Gasteiger partial charge in [0.1, 0.15) is 6.33 Å². The van der Waals surface area contributed by atoms with Crippen molar-refractivity contribution in [2.45, 2.75) is 23.8 Å². The second-order valence-electron chi connectivity index (χ2n) is 3.79. The van der Waals surface area contributed by atoms with Gasteiger partial charge >= 0.3 is 0 Å². The fraction of sp³-hybridized carbons (Fsp3) is 0.333. The Labute approximate surface area is 110 Å². The minimum atomic E-state index is 0.384. The van der Waals surface area contributed by atoms with Crippen LogP contribution < -0.4 is 0 Å². The van der Waals surface area contributed by atoms with E-state index in [9.17, 15) is 0 Å². The molecule has 1 unspecified atom stereocenters. The van der Waals surface area contributed by atoms with E-state index in [0.717, 1.165) is 16.6 Å². The standard InChI is InChI=1S/C12H14ClN3S/c1-3-11(9-4-6-10(13)7-5-9)17-12-15-14-8-16(12)2/h4-8,11H,3H2,1-2H3. The molecule has 0 amide bonds. The third kappa shape index (κ3) is 3.01. The van der Waals surface area contributed by atoms with E-state index in [1.807, 2.05) is 23.7 Å². The number of thioether (sulfide) groups is 1. The molecule has 1 aromatic heterocycles. The van der Waals surface area contributed by atoms with Crippen molar-refractivity contribution in [1.82, 2.24) is 14.8 Å². The first-order chi connectivity index (χ1) is 8.20. The van der Waals surface area contributed by atoms with E-state index < -0.39 is 0 Å². The van der Waals surface area contributed by atoms with Gasteiger partial charge in [-0.1, -0.05) is 42.4 Å². The van der Waals surface area contributed by atoms with Crippen molar-refractivity contribution in [3.8, 4) is 0 Å². The van der Waals surface area contributed by atoms with Gasteiger partial charge in [0.15, 0.2) is 5.16 Å². The van der Waals surface area contributed by atoms with Crippen LogP contribution in [0.2, 0.25) is 5.02 Å². The second-order valence-corrected chi connectivity index (χ2v) is 5.40. The molecule has 1 aromatic carbocycles. The molecule has 0 saturated heterocycles. The van der Waals surface area contributed by atoms with Gasteiger partial charge in [-0.05, 0) is 24.1 Å². The van der Waals surface area contributed by atoms with Crippen LogP contribution in [-0.2, 0) is 7.05 Å². The number of hydrogen-bond acceptors (Lipinski definition) is 3. The summed E-state index contributed by atoms with van der Waals surface area (Å²) in [5.41, 5.74) is 1.27. The average molecular weight is 268 g/mol. The first-order valence-electron chi connectivity index (χ1n) is 5.47. The maximum Gasteiger partial charge on any atom is 0.191 e. The summed E-state index contributed by atoms with van der Waals surface area (Å²) in [4.78, 5) is 0. The molecule has 0 N–H and O–H groups in total. The van der Waals surface area contributed by atoms with Gasteiger partial charge in [0.2, 0.25) is 0 Å². The molecule has 0 aliphatic carbocycles. The van der Waals surface area contributed by atoms with Gasteiger partial charge in [0, 0.05) is 17.3 Å². The Kier molecular flexibility index (Phi) is 4.07. The van der Waals surface area contributed by atoms with E-state index in [2.05, 4.69) is 29.3 Å². The molecule has 0 bridgehead atoms. The second kappa shape index (κ2) is 5.56. The van der Waals surface area contributed by atoms with Crippen LogP contribution in [0.25, 0.3) is 0 Å². The molecule has 1 atom stereocenters. The fourth-order valence-electron chi connectivity index (χ4n) is 1.57. The quantitative estimate of drug-likeness (QED) is 0.791. The lowest BCUT2D eigenvalue weighted by molar-refractivity contribution is 0.778. The lowest BCUT2D eigenvalue weighted by Crippen LogP contribution is -1.96. The summed E-state index contributed by atoms with van der Waals surface area (Å²) in [6, 6.07) is 7.99. The first-order valence-corrected chi connectivity index (χ1v) is 6.72. The molecular formula is C12H14ClN3S. The smallest absolute Gasteiger partial charge is 0.191 e. The number of nitrogens with zero attached hydrogens (tertiary/aromatic N) is 3. The third-order valence-corrected chi connectivity index (χ3v) is 4.25. The summed E-state index contributed by atoms with van der Waals surface area (Å²) in [5.74, 6) is 0. The van der Waals surface area contributed by atoms with Crippen molar-refractivity contribution in [1.29, 1.82) is 0 Å². The summed E-state index contributed by atoms with van der Waals surface area (Å²) in [6.45, 7) is 2.17. The molecular weight excluding hydrogens is 254 g/mol. The van der Waals surface area contributed by atoms with Crippen molar-refractivity contribution in [3.63, 3.8) is 0 Å². The number of benzene rings is 1. The SMILES string of the molecule is CCC(Sc1nncn1C)c1ccc(Cl)cc1. The zero-order valence-electron chi connectivity index (χ0n) is 9.80. The van der Waals surface area contributed by atoms with Gasteiger partial charge in [-0.3, -0.25) is 0 Å². The highest BCUT2D eigenvalue weighted by Gasteiger charge is 2.14. The minimum absolute atomic E-state index is 0.384. The van der Waals surface area contributed by atoms with Crippen LogP contribution in [0.15, 0.2) is 35.7 Å². The fourth-order valence-corrected chi connectivity index (χ4v) is 2.72. The molecule has 0 aliphatic rings. The molecule has 0 radical (unpaired) electrons. The third-order valence-electron chi connectivity index (χ3n) is 2.53. The van der Waals surface area contributed by atoms with E-state index in [-0.39, 0.29) is 0 Å². The highest BCUT2D eigenvalue weighted by Crippen LogP contribution is 2.36. The van der Waals surface area contributed by atoms with Crippen molar-refractivity contribution in [2.24, 2.45) is 7.05 Å². The van der Waals surface area contributed by atoms with Gasteiger partial charge in [0.25, 0.3) is 0 Å². The van der Waals surface area contributed by atoms with E-state index in [1.165, 1.54) is 5.56 Å². The zero-order valence-corrected chi connectivity index (χ0v) is 11.4. The zero-order chi connectivity index (χ0) is 12.3. The van der Waals surface area contributed by atoms with E-state index >= 15 is 0 Å². The Morgan fingerprint density at radius 3 is 2.59 bits per heavy atom.